The maximum absolute atomic E-state index is 14.8. The van der Waals surface area contributed by atoms with Gasteiger partial charge in [-0.25, -0.2) is 9.37 Å². The zero-order chi connectivity index (χ0) is 28.9. The normalized spacial score (nSPS) is 17.9. The third kappa shape index (κ3) is 4.81. The molecule has 4 aromatic rings. The van der Waals surface area contributed by atoms with Crippen molar-refractivity contribution in [3.63, 3.8) is 0 Å². The molecule has 2 fully saturated rings. The van der Waals surface area contributed by atoms with Gasteiger partial charge in [-0.2, -0.15) is 23.5 Å². The Balaban J connectivity index is 1.13. The van der Waals surface area contributed by atoms with Crippen molar-refractivity contribution >= 4 is 28.5 Å². The number of likely N-dealkylation sites (tertiary alicyclic amines) is 2. The Labute approximate surface area is 236 Å². The highest BCUT2D eigenvalue weighted by Gasteiger charge is 2.48. The number of nitrogens with zero attached hydrogens (tertiary/aromatic N) is 7. The largest absolute Gasteiger partial charge is 0.433 e. The molecule has 0 bridgehead atoms. The first kappa shape index (κ1) is 27.2. The van der Waals surface area contributed by atoms with E-state index in [-0.39, 0.29) is 23.0 Å². The van der Waals surface area contributed by atoms with E-state index in [1.54, 1.807) is 29.3 Å². The fraction of sp³-hybridized carbons (Fsp3) is 0.370. The number of carbonyl (C=O) groups excluding carboxylic acids is 1. The Morgan fingerprint density at radius 3 is 2.66 bits per heavy atom. The molecule has 0 atom stereocenters. The van der Waals surface area contributed by atoms with Gasteiger partial charge in [0.25, 0.3) is 5.91 Å². The van der Waals surface area contributed by atoms with Gasteiger partial charge in [0.2, 0.25) is 0 Å². The van der Waals surface area contributed by atoms with Gasteiger partial charge in [-0.3, -0.25) is 19.4 Å². The first-order chi connectivity index (χ1) is 19.6. The number of amides is 1. The maximum atomic E-state index is 14.8. The lowest BCUT2D eigenvalue weighted by Gasteiger charge is -2.53. The second-order valence-electron chi connectivity index (χ2n) is 10.4. The van der Waals surface area contributed by atoms with Gasteiger partial charge in [-0.1, -0.05) is 11.6 Å². The molecule has 4 aromatic heterocycles. The Hall–Kier alpha value is -4.02. The summed E-state index contributed by atoms with van der Waals surface area (Å²) in [5.74, 6) is -1.03. The average molecular weight is 587 g/mol. The fourth-order valence-electron chi connectivity index (χ4n) is 5.80. The first-order valence-corrected chi connectivity index (χ1v) is 13.3. The van der Waals surface area contributed by atoms with Gasteiger partial charge in [-0.15, -0.1) is 0 Å². The number of hydrogen-bond donors (Lipinski definition) is 1. The van der Waals surface area contributed by atoms with Crippen molar-refractivity contribution < 1.29 is 22.4 Å². The molecule has 2 saturated heterocycles. The summed E-state index contributed by atoms with van der Waals surface area (Å²) in [6.07, 6.45) is 3.80. The van der Waals surface area contributed by atoms with Crippen LogP contribution in [0.1, 0.15) is 35.3 Å². The molecule has 9 nitrogen and oxygen atoms in total. The Morgan fingerprint density at radius 2 is 1.95 bits per heavy atom. The van der Waals surface area contributed by atoms with Gasteiger partial charge in [-0.05, 0) is 25.0 Å². The van der Waals surface area contributed by atoms with Crippen LogP contribution in [0.4, 0.5) is 17.6 Å². The number of alkyl halides is 3. The van der Waals surface area contributed by atoms with E-state index in [0.29, 0.717) is 67.2 Å². The smallest absolute Gasteiger partial charge is 0.346 e. The second kappa shape index (κ2) is 10.1. The lowest BCUT2D eigenvalue weighted by molar-refractivity contribution is -0.141. The Morgan fingerprint density at radius 1 is 1.20 bits per heavy atom. The van der Waals surface area contributed by atoms with E-state index in [1.807, 2.05) is 0 Å². The number of hydrogen-bond acceptors (Lipinski definition) is 6. The molecule has 0 unspecified atom stereocenters. The van der Waals surface area contributed by atoms with Crippen molar-refractivity contribution in [3.8, 4) is 17.2 Å². The molecule has 6 heterocycles. The molecule has 41 heavy (non-hydrogen) atoms. The Bertz CT molecular complexity index is 1660. The number of H-pyrrole nitrogens is 1. The summed E-state index contributed by atoms with van der Waals surface area (Å²) >= 11 is 6.02. The van der Waals surface area contributed by atoms with E-state index < -0.39 is 29.1 Å². The average Bonchev–Trinajstić information content (AvgIpc) is 3.60. The molecule has 0 radical (unpaired) electrons. The van der Waals surface area contributed by atoms with Crippen molar-refractivity contribution in [1.29, 1.82) is 5.26 Å². The number of fused-ring (bicyclic) bond motifs is 1. The predicted molar refractivity (Wildman–Crippen MR) is 140 cm³/mol. The number of aromatic nitrogens is 5. The molecule has 1 N–H and O–H groups in total. The van der Waals surface area contributed by atoms with Crippen LogP contribution >= 0.6 is 11.6 Å². The number of nitrogens with one attached hydrogen (secondary N) is 1. The summed E-state index contributed by atoms with van der Waals surface area (Å²) in [6, 6.07) is 4.82. The molecule has 1 amide bonds. The lowest BCUT2D eigenvalue weighted by atomic mass is 9.83. The monoisotopic (exact) mass is 586 g/mol. The number of aromatic amines is 1. The SMILES string of the molecule is N#CCC1(n2cc(-c3c(F)cnc4[nH]ccc34)cn2)CN(C2CCN(C(=O)c3cc(C(F)(F)F)ncc3Cl)CC2)C1. The van der Waals surface area contributed by atoms with Gasteiger partial charge in [0.15, 0.2) is 0 Å². The second-order valence-corrected chi connectivity index (χ2v) is 10.8. The number of piperidine rings is 1. The molecule has 6 rings (SSSR count). The number of pyridine rings is 2. The number of halogens is 5. The van der Waals surface area contributed by atoms with E-state index in [9.17, 15) is 27.6 Å². The van der Waals surface area contributed by atoms with Gasteiger partial charge < -0.3 is 9.88 Å². The minimum atomic E-state index is -4.68. The molecular formula is C27H23ClF4N8O. The van der Waals surface area contributed by atoms with Crippen LogP contribution in [-0.2, 0) is 11.7 Å². The summed E-state index contributed by atoms with van der Waals surface area (Å²) in [7, 11) is 0. The third-order valence-corrected chi connectivity index (χ3v) is 8.25. The van der Waals surface area contributed by atoms with E-state index in [4.69, 9.17) is 11.6 Å². The zero-order valence-electron chi connectivity index (χ0n) is 21.5. The van der Waals surface area contributed by atoms with E-state index >= 15 is 0 Å². The van der Waals surface area contributed by atoms with Crippen LogP contribution in [0.3, 0.4) is 0 Å². The van der Waals surface area contributed by atoms with Crippen LogP contribution in [0.25, 0.3) is 22.2 Å². The van der Waals surface area contributed by atoms with Crippen LogP contribution in [0, 0.1) is 17.1 Å². The highest BCUT2D eigenvalue weighted by molar-refractivity contribution is 6.33. The molecular weight excluding hydrogens is 564 g/mol. The minimum absolute atomic E-state index is 0.122. The van der Waals surface area contributed by atoms with Crippen molar-refractivity contribution in [1.82, 2.24) is 34.5 Å². The van der Waals surface area contributed by atoms with Crippen molar-refractivity contribution in [3.05, 3.63) is 65.2 Å². The zero-order valence-corrected chi connectivity index (χ0v) is 22.3. The quantitative estimate of drug-likeness (QED) is 0.335. The summed E-state index contributed by atoms with van der Waals surface area (Å²) in [6.45, 7) is 1.80. The Kier molecular flexibility index (Phi) is 6.70. The standard InChI is InChI=1S/C27H23ClF4N8O/c28-20-11-35-22(27(30,31)32)9-19(20)25(41)38-7-2-17(3-8-38)39-14-26(15-39,4-5-33)40-13-16(10-37-40)23-18-1-6-34-24(18)36-12-21(23)29/h1,6,9-13,17H,2-4,7-8,14-15H2,(H,34,36). The molecule has 0 spiro atoms. The van der Waals surface area contributed by atoms with Gasteiger partial charge in [0, 0.05) is 67.3 Å². The highest BCUT2D eigenvalue weighted by Crippen LogP contribution is 2.38. The molecule has 2 aliphatic rings. The van der Waals surface area contributed by atoms with Crippen LogP contribution in [-0.4, -0.2) is 72.7 Å². The first-order valence-electron chi connectivity index (χ1n) is 12.9. The topological polar surface area (TPSA) is 107 Å². The molecule has 0 aromatic carbocycles. The molecule has 0 saturated carbocycles. The van der Waals surface area contributed by atoms with Crippen LogP contribution < -0.4 is 0 Å². The molecule has 14 heteroatoms. The van der Waals surface area contributed by atoms with Gasteiger partial charge >= 0.3 is 6.18 Å². The number of rotatable bonds is 5. The van der Waals surface area contributed by atoms with Crippen molar-refractivity contribution in [2.24, 2.45) is 0 Å². The van der Waals surface area contributed by atoms with Gasteiger partial charge in [0.1, 0.15) is 22.7 Å². The lowest BCUT2D eigenvalue weighted by Crippen LogP contribution is -2.66. The summed E-state index contributed by atoms with van der Waals surface area (Å²) < 4.78 is 55.8. The molecule has 2 aliphatic heterocycles. The van der Waals surface area contributed by atoms with Crippen LogP contribution in [0.5, 0.6) is 0 Å². The number of carbonyl (C=O) groups is 1. The van der Waals surface area contributed by atoms with Gasteiger partial charge in [0.05, 0.1) is 35.5 Å². The minimum Gasteiger partial charge on any atom is -0.346 e. The van der Waals surface area contributed by atoms with Crippen molar-refractivity contribution in [2.75, 3.05) is 26.2 Å². The third-order valence-electron chi connectivity index (χ3n) is 7.94. The highest BCUT2D eigenvalue weighted by atomic mass is 35.5. The maximum Gasteiger partial charge on any atom is 0.433 e. The fourth-order valence-corrected chi connectivity index (χ4v) is 5.99. The predicted octanol–water partition coefficient (Wildman–Crippen LogP) is 4.86. The summed E-state index contributed by atoms with van der Waals surface area (Å²) in [4.78, 5) is 27.1. The molecule has 212 valence electrons. The van der Waals surface area contributed by atoms with Crippen LogP contribution in [0.2, 0.25) is 5.02 Å². The van der Waals surface area contributed by atoms with Crippen LogP contribution in [0.15, 0.2) is 43.1 Å². The molecule has 0 aliphatic carbocycles. The van der Waals surface area contributed by atoms with E-state index in [0.717, 1.165) is 12.4 Å². The summed E-state index contributed by atoms with van der Waals surface area (Å²) in [5, 5.41) is 14.6. The van der Waals surface area contributed by atoms with Crippen molar-refractivity contribution in [2.45, 2.75) is 37.0 Å². The van der Waals surface area contributed by atoms with E-state index in [1.165, 1.54) is 4.90 Å². The number of nitriles is 1. The summed E-state index contributed by atoms with van der Waals surface area (Å²) in [5.41, 5.74) is -0.436. The van der Waals surface area contributed by atoms with E-state index in [2.05, 4.69) is 31.0 Å².